The van der Waals surface area contributed by atoms with E-state index in [1.807, 2.05) is 19.1 Å². The number of rotatable bonds is 6. The fraction of sp³-hybridized carbons (Fsp3) is 0.333. The van der Waals surface area contributed by atoms with E-state index >= 15 is 0 Å². The molecule has 0 spiro atoms. The highest BCUT2D eigenvalue weighted by Crippen LogP contribution is 2.11. The monoisotopic (exact) mass is 275 g/mol. The number of fused-ring (bicyclic) bond motifs is 1. The molecular weight excluding hydrogens is 258 g/mol. The zero-order valence-corrected chi connectivity index (χ0v) is 11.3. The average Bonchev–Trinajstić information content (AvgIpc) is 2.45. The number of carboxylic acid groups (broad SMARTS) is 1. The third kappa shape index (κ3) is 2.88. The minimum atomic E-state index is -1.20. The second kappa shape index (κ2) is 6.34. The van der Waals surface area contributed by atoms with Crippen LogP contribution in [0.2, 0.25) is 0 Å². The van der Waals surface area contributed by atoms with Crippen LogP contribution in [0.5, 0.6) is 0 Å². The molecule has 0 radical (unpaired) electrons. The summed E-state index contributed by atoms with van der Waals surface area (Å²) in [5.41, 5.74) is 0.0700. The topological polar surface area (TPSA) is 68.5 Å². The number of pyridine rings is 1. The molecule has 0 unspecified atom stereocenters. The molecule has 106 valence electrons. The highest BCUT2D eigenvalue weighted by Gasteiger charge is 2.13. The van der Waals surface area contributed by atoms with Gasteiger partial charge in [0.05, 0.1) is 12.1 Å². The Hall–Kier alpha value is -2.14. The lowest BCUT2D eigenvalue weighted by molar-refractivity contribution is 0.0694. The van der Waals surface area contributed by atoms with E-state index in [4.69, 9.17) is 9.84 Å². The van der Waals surface area contributed by atoms with Crippen LogP contribution in [-0.2, 0) is 11.3 Å². The second-order valence-corrected chi connectivity index (χ2v) is 4.50. The molecule has 2 rings (SSSR count). The Labute approximate surface area is 116 Å². The third-order valence-corrected chi connectivity index (χ3v) is 3.04. The van der Waals surface area contributed by atoms with Crippen molar-refractivity contribution < 1.29 is 14.6 Å². The Kier molecular flexibility index (Phi) is 4.53. The van der Waals surface area contributed by atoms with Gasteiger partial charge in [-0.25, -0.2) is 4.79 Å². The number of carbonyl (C=O) groups is 1. The van der Waals surface area contributed by atoms with E-state index in [9.17, 15) is 9.59 Å². The van der Waals surface area contributed by atoms with Crippen LogP contribution < -0.4 is 5.43 Å². The second-order valence-electron chi connectivity index (χ2n) is 4.50. The lowest BCUT2D eigenvalue weighted by Gasteiger charge is -2.12. The van der Waals surface area contributed by atoms with Crippen LogP contribution in [0.3, 0.4) is 0 Å². The van der Waals surface area contributed by atoms with Crippen LogP contribution in [0.4, 0.5) is 0 Å². The van der Waals surface area contributed by atoms with Gasteiger partial charge < -0.3 is 14.4 Å². The fourth-order valence-electron chi connectivity index (χ4n) is 2.09. The van der Waals surface area contributed by atoms with Crippen molar-refractivity contribution in [2.45, 2.75) is 19.9 Å². The molecule has 1 N–H and O–H groups in total. The van der Waals surface area contributed by atoms with Gasteiger partial charge in [-0.15, -0.1) is 0 Å². The van der Waals surface area contributed by atoms with Gasteiger partial charge in [-0.05, 0) is 18.6 Å². The summed E-state index contributed by atoms with van der Waals surface area (Å²) < 4.78 is 7.18. The van der Waals surface area contributed by atoms with Crippen molar-refractivity contribution in [3.8, 4) is 0 Å². The highest BCUT2D eigenvalue weighted by atomic mass is 16.5. The van der Waals surface area contributed by atoms with E-state index in [2.05, 4.69) is 0 Å². The predicted molar refractivity (Wildman–Crippen MR) is 76.3 cm³/mol. The number of benzene rings is 1. The van der Waals surface area contributed by atoms with Crippen LogP contribution >= 0.6 is 0 Å². The Morgan fingerprint density at radius 3 is 2.75 bits per heavy atom. The summed E-state index contributed by atoms with van der Waals surface area (Å²) in [6.45, 7) is 3.70. The number of aromatic nitrogens is 1. The first-order valence-electron chi connectivity index (χ1n) is 6.58. The fourth-order valence-corrected chi connectivity index (χ4v) is 2.09. The minimum Gasteiger partial charge on any atom is -0.477 e. The lowest BCUT2D eigenvalue weighted by Crippen LogP contribution is -2.20. The van der Waals surface area contributed by atoms with E-state index in [1.165, 1.54) is 6.20 Å². The molecule has 0 aliphatic heterocycles. The SMILES string of the molecule is CCCOCCn1cc(C(=O)O)c(=O)c2ccccc21. The van der Waals surface area contributed by atoms with Crippen LogP contribution in [0.15, 0.2) is 35.3 Å². The van der Waals surface area contributed by atoms with Crippen molar-refractivity contribution in [1.29, 1.82) is 0 Å². The number of hydrogen-bond acceptors (Lipinski definition) is 3. The van der Waals surface area contributed by atoms with E-state index in [0.29, 0.717) is 25.1 Å². The predicted octanol–water partition coefficient (Wildman–Crippen LogP) is 2.13. The van der Waals surface area contributed by atoms with Crippen molar-refractivity contribution in [2.24, 2.45) is 0 Å². The zero-order valence-electron chi connectivity index (χ0n) is 11.3. The Bertz CT molecular complexity index is 675. The van der Waals surface area contributed by atoms with Crippen molar-refractivity contribution in [3.05, 3.63) is 46.2 Å². The van der Waals surface area contributed by atoms with Gasteiger partial charge in [-0.2, -0.15) is 0 Å². The molecule has 0 aliphatic carbocycles. The van der Waals surface area contributed by atoms with Crippen LogP contribution in [0.25, 0.3) is 10.9 Å². The molecular formula is C15H17NO4. The molecule has 1 aromatic carbocycles. The summed E-state index contributed by atoms with van der Waals surface area (Å²) in [5.74, 6) is -1.20. The minimum absolute atomic E-state index is 0.209. The molecule has 0 saturated heterocycles. The van der Waals surface area contributed by atoms with Gasteiger partial charge in [0.1, 0.15) is 5.56 Å². The molecule has 0 fully saturated rings. The molecule has 20 heavy (non-hydrogen) atoms. The van der Waals surface area contributed by atoms with Gasteiger partial charge in [-0.1, -0.05) is 19.1 Å². The molecule has 1 aromatic heterocycles. The van der Waals surface area contributed by atoms with E-state index in [1.54, 1.807) is 16.7 Å². The number of hydrogen-bond donors (Lipinski definition) is 1. The first-order valence-corrected chi connectivity index (χ1v) is 6.58. The van der Waals surface area contributed by atoms with Gasteiger partial charge in [0.25, 0.3) is 0 Å². The Morgan fingerprint density at radius 2 is 2.05 bits per heavy atom. The first-order chi connectivity index (χ1) is 9.65. The number of nitrogens with zero attached hydrogens (tertiary/aromatic N) is 1. The van der Waals surface area contributed by atoms with Crippen molar-refractivity contribution in [1.82, 2.24) is 4.57 Å². The Morgan fingerprint density at radius 1 is 1.30 bits per heavy atom. The van der Waals surface area contributed by atoms with Crippen LogP contribution in [0, 0.1) is 0 Å². The normalized spacial score (nSPS) is 10.8. The smallest absolute Gasteiger partial charge is 0.341 e. The molecule has 0 atom stereocenters. The van der Waals surface area contributed by atoms with Gasteiger partial charge in [0.2, 0.25) is 5.43 Å². The van der Waals surface area contributed by atoms with Gasteiger partial charge in [0.15, 0.2) is 0 Å². The zero-order chi connectivity index (χ0) is 14.5. The van der Waals surface area contributed by atoms with E-state index in [-0.39, 0.29) is 5.56 Å². The molecule has 5 heteroatoms. The molecule has 2 aromatic rings. The van der Waals surface area contributed by atoms with E-state index < -0.39 is 11.4 Å². The first kappa shape index (κ1) is 14.3. The highest BCUT2D eigenvalue weighted by molar-refractivity contribution is 5.92. The third-order valence-electron chi connectivity index (χ3n) is 3.04. The average molecular weight is 275 g/mol. The van der Waals surface area contributed by atoms with Gasteiger partial charge in [-0.3, -0.25) is 4.79 Å². The standard InChI is InChI=1S/C15H17NO4/c1-2-8-20-9-7-16-10-12(15(18)19)14(17)11-5-3-4-6-13(11)16/h3-6,10H,2,7-9H2,1H3,(H,18,19). The van der Waals surface area contributed by atoms with E-state index in [0.717, 1.165) is 11.9 Å². The number of ether oxygens (including phenoxy) is 1. The van der Waals surface area contributed by atoms with Crippen LogP contribution in [-0.4, -0.2) is 28.9 Å². The summed E-state index contributed by atoms with van der Waals surface area (Å²) in [6.07, 6.45) is 2.33. The molecule has 1 heterocycles. The van der Waals surface area contributed by atoms with Gasteiger partial charge in [0, 0.05) is 24.7 Å². The quantitative estimate of drug-likeness (QED) is 0.820. The molecule has 0 bridgehead atoms. The molecule has 0 aliphatic rings. The lowest BCUT2D eigenvalue weighted by atomic mass is 10.1. The maximum absolute atomic E-state index is 12.1. The molecule has 0 amide bonds. The van der Waals surface area contributed by atoms with Crippen molar-refractivity contribution in [3.63, 3.8) is 0 Å². The summed E-state index contributed by atoms with van der Waals surface area (Å²) in [5, 5.41) is 9.53. The number of para-hydroxylation sites is 1. The Balaban J connectivity index is 2.44. The largest absolute Gasteiger partial charge is 0.477 e. The summed E-state index contributed by atoms with van der Waals surface area (Å²) >= 11 is 0. The van der Waals surface area contributed by atoms with Crippen LogP contribution in [0.1, 0.15) is 23.7 Å². The summed E-state index contributed by atoms with van der Waals surface area (Å²) in [4.78, 5) is 23.2. The number of carboxylic acids is 1. The van der Waals surface area contributed by atoms with Gasteiger partial charge >= 0.3 is 5.97 Å². The van der Waals surface area contributed by atoms with Crippen molar-refractivity contribution in [2.75, 3.05) is 13.2 Å². The number of aromatic carboxylic acids is 1. The summed E-state index contributed by atoms with van der Waals surface area (Å²) in [7, 11) is 0. The maximum Gasteiger partial charge on any atom is 0.341 e. The molecule has 5 nitrogen and oxygen atoms in total. The van der Waals surface area contributed by atoms with Crippen molar-refractivity contribution >= 4 is 16.9 Å². The maximum atomic E-state index is 12.1. The summed E-state index contributed by atoms with van der Waals surface area (Å²) in [6, 6.07) is 7.01. The molecule has 0 saturated carbocycles.